The van der Waals surface area contributed by atoms with Crippen molar-refractivity contribution in [2.24, 2.45) is 5.92 Å². The summed E-state index contributed by atoms with van der Waals surface area (Å²) in [5, 5.41) is 4.24. The fourth-order valence-corrected chi connectivity index (χ4v) is 2.18. The third kappa shape index (κ3) is 3.47. The molecule has 0 saturated heterocycles. The second-order valence-corrected chi connectivity index (χ2v) is 5.21. The summed E-state index contributed by atoms with van der Waals surface area (Å²) in [5.74, 6) is 0.568. The van der Waals surface area contributed by atoms with Gasteiger partial charge in [-0.15, -0.1) is 0 Å². The third-order valence-corrected chi connectivity index (χ3v) is 3.61. The average Bonchev–Trinajstić information content (AvgIpc) is 2.18. The van der Waals surface area contributed by atoms with E-state index in [0.29, 0.717) is 12.0 Å². The van der Waals surface area contributed by atoms with Gasteiger partial charge in [0.1, 0.15) is 0 Å². The lowest BCUT2D eigenvalue weighted by molar-refractivity contribution is 0.421. The van der Waals surface area contributed by atoms with Gasteiger partial charge in [0, 0.05) is 10.5 Å². The van der Waals surface area contributed by atoms with Crippen LogP contribution in [0.4, 0.5) is 0 Å². The van der Waals surface area contributed by atoms with Gasteiger partial charge in [-0.2, -0.15) is 0 Å². The fourth-order valence-electron chi connectivity index (χ4n) is 1.66. The minimum atomic E-state index is 0.392. The van der Waals surface area contributed by atoms with Gasteiger partial charge in [0.25, 0.3) is 0 Å². The summed E-state index contributed by atoms with van der Waals surface area (Å²) < 4.78 is 0.963. The van der Waals surface area contributed by atoms with Gasteiger partial charge in [0.05, 0.1) is 5.02 Å². The second kappa shape index (κ2) is 5.88. The highest BCUT2D eigenvalue weighted by atomic mass is 79.9. The summed E-state index contributed by atoms with van der Waals surface area (Å²) >= 11 is 9.43. The van der Waals surface area contributed by atoms with E-state index in [1.807, 2.05) is 6.07 Å². The number of hydrogen-bond donors (Lipinski definition) is 1. The molecule has 1 nitrogen and oxygen atoms in total. The Balaban J connectivity index is 2.95. The van der Waals surface area contributed by atoms with Crippen LogP contribution in [0.2, 0.25) is 5.02 Å². The van der Waals surface area contributed by atoms with Crippen LogP contribution in [0.1, 0.15) is 32.4 Å². The number of hydrogen-bond acceptors (Lipinski definition) is 1. The van der Waals surface area contributed by atoms with Crippen LogP contribution in [0, 0.1) is 5.92 Å². The highest BCUT2D eigenvalue weighted by Gasteiger charge is 2.14. The van der Waals surface area contributed by atoms with Crippen molar-refractivity contribution in [2.45, 2.75) is 26.8 Å². The number of halogens is 2. The molecule has 0 aliphatic rings. The summed E-state index contributed by atoms with van der Waals surface area (Å²) in [5.41, 5.74) is 1.28. The first-order chi connectivity index (χ1) is 7.06. The number of rotatable bonds is 4. The zero-order valence-electron chi connectivity index (χ0n) is 9.35. The van der Waals surface area contributed by atoms with E-state index in [9.17, 15) is 0 Å². The second-order valence-electron chi connectivity index (χ2n) is 3.95. The van der Waals surface area contributed by atoms with Crippen molar-refractivity contribution < 1.29 is 0 Å². The molecule has 1 aromatic rings. The Labute approximate surface area is 105 Å². The van der Waals surface area contributed by atoms with Crippen molar-refractivity contribution in [3.63, 3.8) is 0 Å². The molecule has 1 N–H and O–H groups in total. The fraction of sp³-hybridized carbons (Fsp3) is 0.500. The minimum absolute atomic E-state index is 0.392. The number of benzene rings is 1. The Morgan fingerprint density at radius 3 is 2.53 bits per heavy atom. The maximum Gasteiger partial charge on any atom is 0.0548 e. The van der Waals surface area contributed by atoms with E-state index < -0.39 is 0 Å². The molecule has 1 atom stereocenters. The zero-order valence-corrected chi connectivity index (χ0v) is 11.7. The molecule has 1 rings (SSSR count). The molecule has 0 aliphatic carbocycles. The Morgan fingerprint density at radius 2 is 2.07 bits per heavy atom. The van der Waals surface area contributed by atoms with Crippen molar-refractivity contribution in [2.75, 3.05) is 6.54 Å². The topological polar surface area (TPSA) is 12.0 Å². The van der Waals surface area contributed by atoms with E-state index in [1.165, 1.54) is 5.56 Å². The molecule has 0 fully saturated rings. The summed E-state index contributed by atoms with van der Waals surface area (Å²) in [4.78, 5) is 0. The quantitative estimate of drug-likeness (QED) is 0.866. The first-order valence-corrected chi connectivity index (χ1v) is 6.41. The smallest absolute Gasteiger partial charge is 0.0548 e. The van der Waals surface area contributed by atoms with Gasteiger partial charge in [0.2, 0.25) is 0 Å². The molecule has 84 valence electrons. The van der Waals surface area contributed by atoms with E-state index in [1.54, 1.807) is 0 Å². The van der Waals surface area contributed by atoms with Crippen LogP contribution in [0.25, 0.3) is 0 Å². The molecular formula is C12H17BrClN. The molecule has 15 heavy (non-hydrogen) atoms. The van der Waals surface area contributed by atoms with E-state index in [-0.39, 0.29) is 0 Å². The predicted molar refractivity (Wildman–Crippen MR) is 70.4 cm³/mol. The molecule has 3 heteroatoms. The molecule has 1 aromatic carbocycles. The molecule has 0 saturated carbocycles. The first-order valence-electron chi connectivity index (χ1n) is 5.24. The van der Waals surface area contributed by atoms with Gasteiger partial charge >= 0.3 is 0 Å². The number of nitrogens with one attached hydrogen (secondary N) is 1. The Hall–Kier alpha value is -0.0500. The SMILES string of the molecule is CCNC(c1ccc(Cl)c(Br)c1)C(C)C. The normalized spacial score (nSPS) is 13.2. The molecule has 0 bridgehead atoms. The average molecular weight is 291 g/mol. The molecule has 0 radical (unpaired) electrons. The van der Waals surface area contributed by atoms with E-state index in [0.717, 1.165) is 16.0 Å². The summed E-state index contributed by atoms with van der Waals surface area (Å²) in [6.45, 7) is 7.54. The molecule has 0 aliphatic heterocycles. The molecular weight excluding hydrogens is 273 g/mol. The van der Waals surface area contributed by atoms with Crippen LogP contribution in [-0.4, -0.2) is 6.54 Å². The molecule has 1 unspecified atom stereocenters. The molecule has 0 spiro atoms. The third-order valence-electron chi connectivity index (χ3n) is 2.39. The molecule has 0 heterocycles. The van der Waals surface area contributed by atoms with Gasteiger partial charge in [-0.25, -0.2) is 0 Å². The summed E-state index contributed by atoms with van der Waals surface area (Å²) in [6.07, 6.45) is 0. The van der Waals surface area contributed by atoms with Gasteiger partial charge in [0.15, 0.2) is 0 Å². The highest BCUT2D eigenvalue weighted by Crippen LogP contribution is 2.28. The largest absolute Gasteiger partial charge is 0.310 e. The van der Waals surface area contributed by atoms with E-state index >= 15 is 0 Å². The van der Waals surface area contributed by atoms with Gasteiger partial charge < -0.3 is 5.32 Å². The lowest BCUT2D eigenvalue weighted by atomic mass is 9.96. The Morgan fingerprint density at radius 1 is 1.40 bits per heavy atom. The van der Waals surface area contributed by atoms with Crippen molar-refractivity contribution in [1.82, 2.24) is 5.32 Å². The van der Waals surface area contributed by atoms with Crippen LogP contribution in [0.15, 0.2) is 22.7 Å². The Kier molecular flexibility index (Phi) is 5.10. The highest BCUT2D eigenvalue weighted by molar-refractivity contribution is 9.10. The van der Waals surface area contributed by atoms with Gasteiger partial charge in [-0.1, -0.05) is 38.4 Å². The summed E-state index contributed by atoms with van der Waals surface area (Å²) in [6, 6.07) is 6.51. The van der Waals surface area contributed by atoms with Gasteiger partial charge in [-0.3, -0.25) is 0 Å². The summed E-state index contributed by atoms with van der Waals surface area (Å²) in [7, 11) is 0. The van der Waals surface area contributed by atoms with E-state index in [2.05, 4.69) is 54.2 Å². The molecule has 0 amide bonds. The van der Waals surface area contributed by atoms with Crippen molar-refractivity contribution in [3.8, 4) is 0 Å². The van der Waals surface area contributed by atoms with Crippen LogP contribution in [0.3, 0.4) is 0 Å². The van der Waals surface area contributed by atoms with E-state index in [4.69, 9.17) is 11.6 Å². The lowest BCUT2D eigenvalue weighted by Crippen LogP contribution is -2.25. The monoisotopic (exact) mass is 289 g/mol. The standard InChI is InChI=1S/C12H17BrClN/c1-4-15-12(8(2)3)9-5-6-11(14)10(13)7-9/h5-8,12,15H,4H2,1-3H3. The van der Waals surface area contributed by atoms with Crippen molar-refractivity contribution in [1.29, 1.82) is 0 Å². The Bertz CT molecular complexity index is 325. The van der Waals surface area contributed by atoms with Crippen LogP contribution in [-0.2, 0) is 0 Å². The van der Waals surface area contributed by atoms with Gasteiger partial charge in [-0.05, 0) is 46.1 Å². The predicted octanol–water partition coefficient (Wildman–Crippen LogP) is 4.41. The molecule has 0 aromatic heterocycles. The van der Waals surface area contributed by atoms with Crippen molar-refractivity contribution >= 4 is 27.5 Å². The zero-order chi connectivity index (χ0) is 11.4. The van der Waals surface area contributed by atoms with Crippen LogP contribution in [0.5, 0.6) is 0 Å². The lowest BCUT2D eigenvalue weighted by Gasteiger charge is -2.22. The minimum Gasteiger partial charge on any atom is -0.310 e. The first kappa shape index (κ1) is 13.0. The van der Waals surface area contributed by atoms with Crippen LogP contribution >= 0.6 is 27.5 Å². The maximum absolute atomic E-state index is 5.97. The van der Waals surface area contributed by atoms with Crippen LogP contribution < -0.4 is 5.32 Å². The maximum atomic E-state index is 5.97. The van der Waals surface area contributed by atoms with Crippen molar-refractivity contribution in [3.05, 3.63) is 33.3 Å².